The van der Waals surface area contributed by atoms with Crippen molar-refractivity contribution in [2.75, 3.05) is 16.4 Å². The lowest BCUT2D eigenvalue weighted by atomic mass is 10.1. The first-order chi connectivity index (χ1) is 10.6. The Labute approximate surface area is 137 Å². The maximum absolute atomic E-state index is 12.2. The fourth-order valence-electron chi connectivity index (χ4n) is 2.62. The molecule has 0 atom stereocenters. The van der Waals surface area contributed by atoms with Gasteiger partial charge in [0, 0.05) is 11.6 Å². The highest BCUT2D eigenvalue weighted by atomic mass is 35.5. The second kappa shape index (κ2) is 6.71. The number of halogens is 1. The van der Waals surface area contributed by atoms with Gasteiger partial charge in [0.05, 0.1) is 16.5 Å². The molecule has 0 radical (unpaired) electrons. The van der Waals surface area contributed by atoms with Crippen molar-refractivity contribution in [3.05, 3.63) is 23.2 Å². The van der Waals surface area contributed by atoms with E-state index in [2.05, 4.69) is 15.6 Å². The van der Waals surface area contributed by atoms with Gasteiger partial charge in [-0.3, -0.25) is 9.59 Å². The van der Waals surface area contributed by atoms with Crippen LogP contribution in [0.3, 0.4) is 0 Å². The number of aliphatic imine (C=N–C) groups is 1. The normalized spacial score (nSPS) is 18.4. The van der Waals surface area contributed by atoms with Crippen LogP contribution in [-0.2, 0) is 9.59 Å². The third kappa shape index (κ3) is 3.62. The number of hydrogen-bond donors (Lipinski definition) is 2. The van der Waals surface area contributed by atoms with Crippen molar-refractivity contribution in [3.8, 4) is 0 Å². The van der Waals surface area contributed by atoms with E-state index >= 15 is 0 Å². The number of amides is 2. The number of thioether (sulfide) groups is 1. The molecule has 5 nitrogen and oxygen atoms in total. The second-order valence-corrected chi connectivity index (χ2v) is 6.76. The SMILES string of the molecule is O=C1CSC(Nc2cc(NC(=O)C3CCCC3)ccc2Cl)=N1. The zero-order valence-corrected chi connectivity index (χ0v) is 13.5. The summed E-state index contributed by atoms with van der Waals surface area (Å²) in [7, 11) is 0. The minimum Gasteiger partial charge on any atom is -0.333 e. The van der Waals surface area contributed by atoms with Crippen molar-refractivity contribution >= 4 is 51.7 Å². The monoisotopic (exact) mass is 337 g/mol. The molecule has 22 heavy (non-hydrogen) atoms. The predicted molar refractivity (Wildman–Crippen MR) is 90.6 cm³/mol. The molecule has 7 heteroatoms. The number of amidine groups is 1. The van der Waals surface area contributed by atoms with E-state index in [1.165, 1.54) is 11.8 Å². The fourth-order valence-corrected chi connectivity index (χ4v) is 3.46. The van der Waals surface area contributed by atoms with E-state index in [1.807, 2.05) is 0 Å². The van der Waals surface area contributed by atoms with Crippen molar-refractivity contribution < 1.29 is 9.59 Å². The molecular formula is C15H16ClN3O2S. The summed E-state index contributed by atoms with van der Waals surface area (Å²) in [5.41, 5.74) is 1.32. The molecule has 0 spiro atoms. The van der Waals surface area contributed by atoms with E-state index in [9.17, 15) is 9.59 Å². The summed E-state index contributed by atoms with van der Waals surface area (Å²) in [6.07, 6.45) is 4.16. The third-order valence-electron chi connectivity index (χ3n) is 3.76. The molecule has 0 saturated heterocycles. The molecule has 2 N–H and O–H groups in total. The van der Waals surface area contributed by atoms with Crippen LogP contribution in [0.1, 0.15) is 25.7 Å². The van der Waals surface area contributed by atoms with E-state index in [4.69, 9.17) is 11.6 Å². The van der Waals surface area contributed by atoms with Crippen LogP contribution in [0.15, 0.2) is 23.2 Å². The quantitative estimate of drug-likeness (QED) is 0.885. The van der Waals surface area contributed by atoms with Gasteiger partial charge in [0.2, 0.25) is 5.91 Å². The van der Waals surface area contributed by atoms with Gasteiger partial charge in [-0.2, -0.15) is 4.99 Å². The first-order valence-electron chi connectivity index (χ1n) is 7.23. The van der Waals surface area contributed by atoms with Crippen molar-refractivity contribution in [1.29, 1.82) is 0 Å². The van der Waals surface area contributed by atoms with Gasteiger partial charge in [-0.15, -0.1) is 0 Å². The zero-order chi connectivity index (χ0) is 15.5. The molecule has 1 aliphatic carbocycles. The summed E-state index contributed by atoms with van der Waals surface area (Å²) in [5.74, 6) is 0.361. The molecule has 1 aromatic carbocycles. The largest absolute Gasteiger partial charge is 0.333 e. The Morgan fingerprint density at radius 3 is 2.77 bits per heavy atom. The summed E-state index contributed by atoms with van der Waals surface area (Å²) >= 11 is 7.49. The molecule has 0 bridgehead atoms. The van der Waals surface area contributed by atoms with Crippen LogP contribution in [0.25, 0.3) is 0 Å². The molecule has 2 aliphatic rings. The lowest BCUT2D eigenvalue weighted by Crippen LogP contribution is -2.20. The second-order valence-electron chi connectivity index (χ2n) is 5.39. The van der Waals surface area contributed by atoms with Crippen LogP contribution in [0, 0.1) is 5.92 Å². The molecule has 0 unspecified atom stereocenters. The molecule has 1 aliphatic heterocycles. The minimum atomic E-state index is -0.158. The molecular weight excluding hydrogens is 322 g/mol. The number of nitrogens with one attached hydrogen (secondary N) is 2. The van der Waals surface area contributed by atoms with Crippen molar-refractivity contribution in [2.45, 2.75) is 25.7 Å². The third-order valence-corrected chi connectivity index (χ3v) is 4.95. The van der Waals surface area contributed by atoms with Crippen molar-refractivity contribution in [2.24, 2.45) is 10.9 Å². The average molecular weight is 338 g/mol. The molecule has 1 saturated carbocycles. The number of rotatable bonds is 3. The molecule has 0 aromatic heterocycles. The summed E-state index contributed by atoms with van der Waals surface area (Å²) in [5, 5.41) is 7.01. The standard InChI is InChI=1S/C15H16ClN3O2S/c16-11-6-5-10(17-14(21)9-3-1-2-4-9)7-12(11)18-15-19-13(20)8-22-15/h5-7,9H,1-4,8H2,(H,17,21)(H,18,19,20). The summed E-state index contributed by atoms with van der Waals surface area (Å²) in [4.78, 5) is 27.2. The van der Waals surface area contributed by atoms with Gasteiger partial charge < -0.3 is 10.6 Å². The Morgan fingerprint density at radius 1 is 1.32 bits per heavy atom. The highest BCUT2D eigenvalue weighted by Crippen LogP contribution is 2.30. The Morgan fingerprint density at radius 2 is 2.09 bits per heavy atom. The first kappa shape index (κ1) is 15.4. The number of anilines is 2. The number of carbonyl (C=O) groups excluding carboxylic acids is 2. The molecule has 1 fully saturated rings. The molecule has 3 rings (SSSR count). The highest BCUT2D eigenvalue weighted by Gasteiger charge is 2.23. The summed E-state index contributed by atoms with van der Waals surface area (Å²) < 4.78 is 0. The van der Waals surface area contributed by atoms with Crippen LogP contribution < -0.4 is 10.6 Å². The minimum absolute atomic E-state index is 0.0635. The van der Waals surface area contributed by atoms with E-state index < -0.39 is 0 Å². The molecule has 116 valence electrons. The van der Waals surface area contributed by atoms with Crippen LogP contribution in [0.2, 0.25) is 5.02 Å². The van der Waals surface area contributed by atoms with Crippen LogP contribution >= 0.6 is 23.4 Å². The van der Waals surface area contributed by atoms with Gasteiger partial charge in [0.1, 0.15) is 0 Å². The number of nitrogens with zero attached hydrogens (tertiary/aromatic N) is 1. The number of carbonyl (C=O) groups is 2. The van der Waals surface area contributed by atoms with Gasteiger partial charge >= 0.3 is 0 Å². The topological polar surface area (TPSA) is 70.6 Å². The highest BCUT2D eigenvalue weighted by molar-refractivity contribution is 8.15. The first-order valence-corrected chi connectivity index (χ1v) is 8.60. The van der Waals surface area contributed by atoms with Gasteiger partial charge in [0.25, 0.3) is 5.91 Å². The predicted octanol–water partition coefficient (Wildman–Crippen LogP) is 3.51. The molecule has 1 aromatic rings. The Bertz CT molecular complexity index is 642. The summed E-state index contributed by atoms with van der Waals surface area (Å²) in [6, 6.07) is 5.26. The van der Waals surface area contributed by atoms with Crippen LogP contribution in [-0.4, -0.2) is 22.7 Å². The van der Waals surface area contributed by atoms with Crippen LogP contribution in [0.4, 0.5) is 11.4 Å². The molecule has 2 amide bonds. The lowest BCUT2D eigenvalue weighted by Gasteiger charge is -2.13. The van der Waals surface area contributed by atoms with Crippen LogP contribution in [0.5, 0.6) is 0 Å². The smallest absolute Gasteiger partial charge is 0.258 e. The van der Waals surface area contributed by atoms with Crippen molar-refractivity contribution in [1.82, 2.24) is 0 Å². The van der Waals surface area contributed by atoms with Crippen molar-refractivity contribution in [3.63, 3.8) is 0 Å². The van der Waals surface area contributed by atoms with E-state index in [-0.39, 0.29) is 17.7 Å². The Hall–Kier alpha value is -1.53. The number of benzene rings is 1. The van der Waals surface area contributed by atoms with E-state index in [1.54, 1.807) is 18.2 Å². The maximum atomic E-state index is 12.2. The van der Waals surface area contributed by atoms with Gasteiger partial charge in [-0.05, 0) is 31.0 Å². The lowest BCUT2D eigenvalue weighted by molar-refractivity contribution is -0.119. The summed E-state index contributed by atoms with van der Waals surface area (Å²) in [6.45, 7) is 0. The maximum Gasteiger partial charge on any atom is 0.258 e. The van der Waals surface area contributed by atoms with Gasteiger partial charge in [0.15, 0.2) is 5.17 Å². The fraction of sp³-hybridized carbons (Fsp3) is 0.400. The van der Waals surface area contributed by atoms with Gasteiger partial charge in [-0.25, -0.2) is 0 Å². The van der Waals surface area contributed by atoms with Gasteiger partial charge in [-0.1, -0.05) is 36.2 Å². The Balaban J connectivity index is 1.70. The molecule has 1 heterocycles. The van der Waals surface area contributed by atoms with E-state index in [0.717, 1.165) is 25.7 Å². The average Bonchev–Trinajstić information content (AvgIpc) is 3.14. The Kier molecular flexibility index (Phi) is 4.69. The van der Waals surface area contributed by atoms with E-state index in [0.29, 0.717) is 27.3 Å². The zero-order valence-electron chi connectivity index (χ0n) is 11.9. The number of hydrogen-bond acceptors (Lipinski definition) is 4.